The van der Waals surface area contributed by atoms with Crippen molar-refractivity contribution in [3.8, 4) is 5.75 Å². The van der Waals surface area contributed by atoms with Crippen LogP contribution in [-0.4, -0.2) is 31.3 Å². The van der Waals surface area contributed by atoms with E-state index >= 15 is 0 Å². The molecule has 0 aromatic heterocycles. The summed E-state index contributed by atoms with van der Waals surface area (Å²) in [6, 6.07) is 7.80. The first-order valence-electron chi connectivity index (χ1n) is 7.28. The molecule has 0 aliphatic heterocycles. The van der Waals surface area contributed by atoms with Crippen molar-refractivity contribution in [3.63, 3.8) is 0 Å². The van der Waals surface area contributed by atoms with Crippen molar-refractivity contribution in [2.75, 3.05) is 25.1 Å². The number of carboxylic acids is 1. The minimum Gasteiger partial charge on any atom is -0.497 e. The molecule has 20 heavy (non-hydrogen) atoms. The van der Waals surface area contributed by atoms with Crippen LogP contribution in [0, 0.1) is 0 Å². The lowest BCUT2D eigenvalue weighted by molar-refractivity contribution is -0.136. The normalized spacial score (nSPS) is 10.3. The van der Waals surface area contributed by atoms with Gasteiger partial charge in [0.2, 0.25) is 0 Å². The van der Waals surface area contributed by atoms with Crippen LogP contribution in [-0.2, 0) is 4.79 Å². The molecule has 112 valence electrons. The van der Waals surface area contributed by atoms with Crippen LogP contribution in [0.25, 0.3) is 0 Å². The number of aliphatic carboxylic acids is 1. The highest BCUT2D eigenvalue weighted by Crippen LogP contribution is 2.20. The second kappa shape index (κ2) is 9.23. The number of benzene rings is 1. The first-order valence-corrected chi connectivity index (χ1v) is 7.28. The Balaban J connectivity index is 2.61. The van der Waals surface area contributed by atoms with Crippen LogP contribution in [0.2, 0.25) is 0 Å². The summed E-state index contributed by atoms with van der Waals surface area (Å²) in [6.07, 6.45) is 4.89. The fraction of sp³-hybridized carbons (Fsp3) is 0.562. The van der Waals surface area contributed by atoms with Crippen LogP contribution in [0.3, 0.4) is 0 Å². The topological polar surface area (TPSA) is 49.8 Å². The largest absolute Gasteiger partial charge is 0.497 e. The van der Waals surface area contributed by atoms with Crippen molar-refractivity contribution in [3.05, 3.63) is 24.3 Å². The number of hydrogen-bond acceptors (Lipinski definition) is 3. The van der Waals surface area contributed by atoms with Crippen molar-refractivity contribution in [2.24, 2.45) is 0 Å². The van der Waals surface area contributed by atoms with Gasteiger partial charge < -0.3 is 14.7 Å². The van der Waals surface area contributed by atoms with E-state index in [2.05, 4.69) is 11.8 Å². The number of ether oxygens (including phenoxy) is 1. The maximum absolute atomic E-state index is 10.8. The Hall–Kier alpha value is -1.71. The van der Waals surface area contributed by atoms with Crippen molar-refractivity contribution in [1.29, 1.82) is 0 Å². The number of rotatable bonds is 10. The number of hydrogen-bond donors (Lipinski definition) is 1. The van der Waals surface area contributed by atoms with Gasteiger partial charge in [0.1, 0.15) is 5.75 Å². The van der Waals surface area contributed by atoms with Crippen molar-refractivity contribution < 1.29 is 14.6 Å². The highest BCUT2D eigenvalue weighted by molar-refractivity contribution is 5.67. The smallest absolute Gasteiger partial charge is 0.305 e. The number of carbonyl (C=O) groups is 1. The second-order valence-corrected chi connectivity index (χ2v) is 4.89. The Kier molecular flexibility index (Phi) is 7.55. The highest BCUT2D eigenvalue weighted by Gasteiger charge is 2.08. The zero-order valence-corrected chi connectivity index (χ0v) is 12.5. The third kappa shape index (κ3) is 5.95. The third-order valence-electron chi connectivity index (χ3n) is 3.31. The van der Waals surface area contributed by atoms with Gasteiger partial charge in [-0.3, -0.25) is 4.79 Å². The van der Waals surface area contributed by atoms with Gasteiger partial charge in [-0.15, -0.1) is 0 Å². The number of nitrogens with zero attached hydrogens (tertiary/aromatic N) is 1. The molecule has 0 atom stereocenters. The number of unbranched alkanes of at least 4 members (excludes halogenated alkanes) is 3. The summed E-state index contributed by atoms with van der Waals surface area (Å²) in [5.74, 6) is 0.0648. The zero-order valence-electron chi connectivity index (χ0n) is 12.5. The van der Waals surface area contributed by atoms with Crippen molar-refractivity contribution in [1.82, 2.24) is 0 Å². The van der Waals surface area contributed by atoms with E-state index in [1.165, 1.54) is 19.3 Å². The molecule has 4 nitrogen and oxygen atoms in total. The maximum atomic E-state index is 10.8. The zero-order chi connectivity index (χ0) is 14.8. The van der Waals surface area contributed by atoms with Crippen LogP contribution in [0.1, 0.15) is 39.0 Å². The van der Waals surface area contributed by atoms with Crippen LogP contribution >= 0.6 is 0 Å². The average molecular weight is 279 g/mol. The van der Waals surface area contributed by atoms with E-state index < -0.39 is 5.97 Å². The molecule has 0 heterocycles. The Morgan fingerprint density at radius 2 is 1.85 bits per heavy atom. The van der Waals surface area contributed by atoms with Gasteiger partial charge in [0.25, 0.3) is 0 Å². The first-order chi connectivity index (χ1) is 9.67. The van der Waals surface area contributed by atoms with E-state index in [-0.39, 0.29) is 6.42 Å². The molecule has 0 radical (unpaired) electrons. The quantitative estimate of drug-likeness (QED) is 0.665. The predicted molar refractivity (Wildman–Crippen MR) is 81.6 cm³/mol. The minimum atomic E-state index is -0.753. The van der Waals surface area contributed by atoms with E-state index in [1.807, 2.05) is 24.3 Å². The van der Waals surface area contributed by atoms with E-state index in [9.17, 15) is 4.79 Å². The summed E-state index contributed by atoms with van der Waals surface area (Å²) < 4.78 is 5.15. The Labute approximate surface area is 121 Å². The van der Waals surface area contributed by atoms with Crippen LogP contribution in [0.5, 0.6) is 5.75 Å². The summed E-state index contributed by atoms with van der Waals surface area (Å²) >= 11 is 0. The molecule has 0 aliphatic rings. The molecule has 0 fully saturated rings. The molecular formula is C16H25NO3. The van der Waals surface area contributed by atoms with Crippen LogP contribution in [0.15, 0.2) is 24.3 Å². The summed E-state index contributed by atoms with van der Waals surface area (Å²) in [4.78, 5) is 12.9. The average Bonchev–Trinajstić information content (AvgIpc) is 2.46. The molecule has 1 aromatic carbocycles. The Morgan fingerprint density at radius 3 is 2.40 bits per heavy atom. The summed E-state index contributed by atoms with van der Waals surface area (Å²) in [7, 11) is 1.64. The lowest BCUT2D eigenvalue weighted by Gasteiger charge is -2.24. The van der Waals surface area contributed by atoms with Gasteiger partial charge in [0, 0.05) is 18.8 Å². The van der Waals surface area contributed by atoms with Gasteiger partial charge in [-0.25, -0.2) is 0 Å². The fourth-order valence-electron chi connectivity index (χ4n) is 2.12. The molecule has 4 heteroatoms. The van der Waals surface area contributed by atoms with Crippen LogP contribution in [0.4, 0.5) is 5.69 Å². The molecule has 1 N–H and O–H groups in total. The maximum Gasteiger partial charge on any atom is 0.305 e. The standard InChI is InChI=1S/C16H25NO3/c1-3-4-5-6-12-17(13-11-16(18)19)14-7-9-15(20-2)10-8-14/h7-10H,3-6,11-13H2,1-2H3,(H,18,19). The minimum absolute atomic E-state index is 0.166. The predicted octanol–water partition coefficient (Wildman–Crippen LogP) is 3.56. The van der Waals surface area contributed by atoms with Gasteiger partial charge in [-0.05, 0) is 30.7 Å². The van der Waals surface area contributed by atoms with E-state index in [1.54, 1.807) is 7.11 Å². The van der Waals surface area contributed by atoms with Gasteiger partial charge in [-0.1, -0.05) is 26.2 Å². The molecule has 0 spiro atoms. The molecule has 1 rings (SSSR count). The summed E-state index contributed by atoms with van der Waals surface area (Å²) in [5.41, 5.74) is 1.06. The molecular weight excluding hydrogens is 254 g/mol. The van der Waals surface area contributed by atoms with Crippen LogP contribution < -0.4 is 9.64 Å². The summed E-state index contributed by atoms with van der Waals surface area (Å²) in [5, 5.41) is 8.85. The molecule has 0 saturated carbocycles. The first kappa shape index (κ1) is 16.3. The number of carboxylic acid groups (broad SMARTS) is 1. The summed E-state index contributed by atoms with van der Waals surface area (Å²) in [6.45, 7) is 3.64. The van der Waals surface area contributed by atoms with Crippen molar-refractivity contribution in [2.45, 2.75) is 39.0 Å². The Bertz CT molecular complexity index is 389. The fourth-order valence-corrected chi connectivity index (χ4v) is 2.12. The molecule has 0 saturated heterocycles. The van der Waals surface area contributed by atoms with Crippen molar-refractivity contribution >= 4 is 11.7 Å². The highest BCUT2D eigenvalue weighted by atomic mass is 16.5. The van der Waals surface area contributed by atoms with Gasteiger partial charge in [0.05, 0.1) is 13.5 Å². The Morgan fingerprint density at radius 1 is 1.15 bits per heavy atom. The van der Waals surface area contributed by atoms with E-state index in [0.717, 1.165) is 24.4 Å². The lowest BCUT2D eigenvalue weighted by Crippen LogP contribution is -2.27. The van der Waals surface area contributed by atoms with Gasteiger partial charge in [0.15, 0.2) is 0 Å². The number of anilines is 1. The lowest BCUT2D eigenvalue weighted by atomic mass is 10.2. The van der Waals surface area contributed by atoms with Gasteiger partial charge >= 0.3 is 5.97 Å². The molecule has 0 amide bonds. The second-order valence-electron chi connectivity index (χ2n) is 4.89. The number of methoxy groups -OCH3 is 1. The monoisotopic (exact) mass is 279 g/mol. The third-order valence-corrected chi connectivity index (χ3v) is 3.31. The molecule has 1 aromatic rings. The van der Waals surface area contributed by atoms with Gasteiger partial charge in [-0.2, -0.15) is 0 Å². The molecule has 0 unspecified atom stereocenters. The SMILES string of the molecule is CCCCCCN(CCC(=O)O)c1ccc(OC)cc1. The molecule has 0 aliphatic carbocycles. The van der Waals surface area contributed by atoms with E-state index in [4.69, 9.17) is 9.84 Å². The molecule has 0 bridgehead atoms. The van der Waals surface area contributed by atoms with E-state index in [0.29, 0.717) is 6.54 Å².